The molecule has 2 saturated heterocycles. The Bertz CT molecular complexity index is 619. The standard InChI is InChI=1S/C18H29N5O2/c1-21-13-19-16(20-21)17(24)22-7-5-18(6-8-22)9-15(11-25-2)23(12-18)10-14-3-4-14/h13-15H,3-12H2,1-2H3. The first-order chi connectivity index (χ1) is 12.1. The molecule has 0 aromatic carbocycles. The number of amides is 1. The maximum absolute atomic E-state index is 12.6. The van der Waals surface area contributed by atoms with E-state index in [4.69, 9.17) is 4.74 Å². The van der Waals surface area contributed by atoms with Gasteiger partial charge in [-0.1, -0.05) is 0 Å². The van der Waals surface area contributed by atoms with E-state index in [1.807, 2.05) is 4.90 Å². The molecule has 1 spiro atoms. The van der Waals surface area contributed by atoms with Crippen LogP contribution in [0, 0.1) is 11.3 Å². The van der Waals surface area contributed by atoms with Crippen LogP contribution in [0.15, 0.2) is 6.33 Å². The summed E-state index contributed by atoms with van der Waals surface area (Å²) < 4.78 is 7.07. The van der Waals surface area contributed by atoms with Crippen LogP contribution in [0.1, 0.15) is 42.7 Å². The summed E-state index contributed by atoms with van der Waals surface area (Å²) in [4.78, 5) is 21.3. The first-order valence-electron chi connectivity index (χ1n) is 9.46. The van der Waals surface area contributed by atoms with Gasteiger partial charge in [0.25, 0.3) is 5.91 Å². The fourth-order valence-corrected chi connectivity index (χ4v) is 4.58. The molecule has 3 fully saturated rings. The lowest BCUT2D eigenvalue weighted by molar-refractivity contribution is 0.0576. The number of likely N-dealkylation sites (tertiary alicyclic amines) is 2. The second-order valence-corrected chi connectivity index (χ2v) is 8.22. The van der Waals surface area contributed by atoms with Crippen LogP contribution in [-0.4, -0.2) is 76.4 Å². The van der Waals surface area contributed by atoms with Gasteiger partial charge in [0.05, 0.1) is 6.61 Å². The van der Waals surface area contributed by atoms with Crippen molar-refractivity contribution in [2.24, 2.45) is 18.4 Å². The molecule has 7 heteroatoms. The third-order valence-corrected chi connectivity index (χ3v) is 6.17. The average molecular weight is 347 g/mol. The summed E-state index contributed by atoms with van der Waals surface area (Å²) in [5.41, 5.74) is 0.354. The number of ether oxygens (including phenoxy) is 1. The molecular weight excluding hydrogens is 318 g/mol. The van der Waals surface area contributed by atoms with Crippen LogP contribution in [0.3, 0.4) is 0 Å². The van der Waals surface area contributed by atoms with Gasteiger partial charge in [0, 0.05) is 46.4 Å². The van der Waals surface area contributed by atoms with E-state index < -0.39 is 0 Å². The zero-order chi connectivity index (χ0) is 17.4. The van der Waals surface area contributed by atoms with Crippen molar-refractivity contribution >= 4 is 5.91 Å². The fraction of sp³-hybridized carbons (Fsp3) is 0.833. The average Bonchev–Trinajstić information content (AvgIpc) is 3.22. The molecule has 0 N–H and O–H groups in total. The predicted molar refractivity (Wildman–Crippen MR) is 93.2 cm³/mol. The zero-order valence-corrected chi connectivity index (χ0v) is 15.4. The van der Waals surface area contributed by atoms with Crippen molar-refractivity contribution in [2.45, 2.75) is 38.1 Å². The zero-order valence-electron chi connectivity index (χ0n) is 15.4. The Kier molecular flexibility index (Phi) is 4.54. The highest BCUT2D eigenvalue weighted by Crippen LogP contribution is 2.45. The van der Waals surface area contributed by atoms with Crippen molar-refractivity contribution in [3.63, 3.8) is 0 Å². The summed E-state index contributed by atoms with van der Waals surface area (Å²) in [7, 11) is 3.60. The van der Waals surface area contributed by atoms with Crippen molar-refractivity contribution in [3.05, 3.63) is 12.2 Å². The summed E-state index contributed by atoms with van der Waals surface area (Å²) in [5, 5.41) is 4.15. The second-order valence-electron chi connectivity index (χ2n) is 8.22. The number of nitrogens with zero attached hydrogens (tertiary/aromatic N) is 5. The maximum Gasteiger partial charge on any atom is 0.293 e. The minimum atomic E-state index is -0.0308. The molecular formula is C18H29N5O2. The summed E-state index contributed by atoms with van der Waals surface area (Å²) in [6, 6.07) is 0.547. The highest BCUT2D eigenvalue weighted by atomic mass is 16.5. The Hall–Kier alpha value is -1.47. The number of rotatable bonds is 5. The lowest BCUT2D eigenvalue weighted by Gasteiger charge is -2.39. The van der Waals surface area contributed by atoms with Crippen LogP contribution in [0.4, 0.5) is 0 Å². The van der Waals surface area contributed by atoms with Gasteiger partial charge in [-0.05, 0) is 43.4 Å². The van der Waals surface area contributed by atoms with Gasteiger partial charge >= 0.3 is 0 Å². The van der Waals surface area contributed by atoms with E-state index in [9.17, 15) is 4.79 Å². The minimum absolute atomic E-state index is 0.0308. The number of methoxy groups -OCH3 is 1. The van der Waals surface area contributed by atoms with E-state index in [0.717, 1.165) is 38.5 Å². The normalized spacial score (nSPS) is 26.5. The van der Waals surface area contributed by atoms with Crippen LogP contribution >= 0.6 is 0 Å². The molecule has 138 valence electrons. The third-order valence-electron chi connectivity index (χ3n) is 6.17. The van der Waals surface area contributed by atoms with Crippen molar-refractivity contribution in [1.82, 2.24) is 24.6 Å². The molecule has 0 bridgehead atoms. The van der Waals surface area contributed by atoms with E-state index in [1.54, 1.807) is 25.2 Å². The van der Waals surface area contributed by atoms with Gasteiger partial charge < -0.3 is 9.64 Å². The van der Waals surface area contributed by atoms with Crippen molar-refractivity contribution in [2.75, 3.05) is 39.9 Å². The highest BCUT2D eigenvalue weighted by molar-refractivity contribution is 5.90. The number of hydrogen-bond donors (Lipinski definition) is 0. The van der Waals surface area contributed by atoms with E-state index in [0.29, 0.717) is 17.3 Å². The van der Waals surface area contributed by atoms with Gasteiger partial charge in [0.1, 0.15) is 6.33 Å². The van der Waals surface area contributed by atoms with Gasteiger partial charge in [-0.2, -0.15) is 0 Å². The van der Waals surface area contributed by atoms with Gasteiger partial charge in [0.15, 0.2) is 0 Å². The van der Waals surface area contributed by atoms with Crippen molar-refractivity contribution in [3.8, 4) is 0 Å². The van der Waals surface area contributed by atoms with Gasteiger partial charge in [-0.15, -0.1) is 5.10 Å². The predicted octanol–water partition coefficient (Wildman–Crippen LogP) is 1.17. The lowest BCUT2D eigenvalue weighted by Crippen LogP contribution is -2.44. The Balaban J connectivity index is 1.37. The van der Waals surface area contributed by atoms with Crippen LogP contribution in [-0.2, 0) is 11.8 Å². The minimum Gasteiger partial charge on any atom is -0.383 e. The molecule has 1 atom stereocenters. The number of carbonyl (C=O) groups is 1. The summed E-state index contributed by atoms with van der Waals surface area (Å²) in [6.07, 6.45) is 7.73. The van der Waals surface area contributed by atoms with Crippen LogP contribution < -0.4 is 0 Å². The smallest absolute Gasteiger partial charge is 0.293 e. The molecule has 3 heterocycles. The second kappa shape index (κ2) is 6.68. The van der Waals surface area contributed by atoms with Crippen molar-refractivity contribution in [1.29, 1.82) is 0 Å². The van der Waals surface area contributed by atoms with Crippen molar-refractivity contribution < 1.29 is 9.53 Å². The molecule has 7 nitrogen and oxygen atoms in total. The first-order valence-corrected chi connectivity index (χ1v) is 9.46. The molecule has 1 unspecified atom stereocenters. The van der Waals surface area contributed by atoms with E-state index in [1.165, 1.54) is 32.4 Å². The fourth-order valence-electron chi connectivity index (χ4n) is 4.58. The quantitative estimate of drug-likeness (QED) is 0.800. The Morgan fingerprint density at radius 2 is 2.12 bits per heavy atom. The first kappa shape index (κ1) is 17.0. The van der Waals surface area contributed by atoms with Gasteiger partial charge in [-0.3, -0.25) is 14.4 Å². The Labute approximate surface area is 149 Å². The number of hydrogen-bond acceptors (Lipinski definition) is 5. The maximum atomic E-state index is 12.6. The summed E-state index contributed by atoms with van der Waals surface area (Å²) in [6.45, 7) is 4.86. The molecule has 1 aliphatic carbocycles. The monoisotopic (exact) mass is 347 g/mol. The van der Waals surface area contributed by atoms with Gasteiger partial charge in [0.2, 0.25) is 5.82 Å². The third kappa shape index (κ3) is 3.58. The SMILES string of the molecule is COCC1CC2(CCN(C(=O)c3ncn(C)n3)CC2)CN1CC1CC1. The summed E-state index contributed by atoms with van der Waals surface area (Å²) >= 11 is 0. The molecule has 2 aliphatic heterocycles. The van der Waals surface area contributed by atoms with Crippen LogP contribution in [0.5, 0.6) is 0 Å². The number of piperidine rings is 1. The molecule has 1 amide bonds. The Morgan fingerprint density at radius 3 is 2.72 bits per heavy atom. The lowest BCUT2D eigenvalue weighted by atomic mass is 9.76. The molecule has 1 aromatic rings. The molecule has 0 radical (unpaired) electrons. The van der Waals surface area contributed by atoms with Crippen LogP contribution in [0.2, 0.25) is 0 Å². The topological polar surface area (TPSA) is 63.5 Å². The van der Waals surface area contributed by atoms with E-state index in [2.05, 4.69) is 15.0 Å². The van der Waals surface area contributed by atoms with Crippen LogP contribution in [0.25, 0.3) is 0 Å². The summed E-state index contributed by atoms with van der Waals surface area (Å²) in [5.74, 6) is 1.20. The Morgan fingerprint density at radius 1 is 1.36 bits per heavy atom. The van der Waals surface area contributed by atoms with E-state index in [-0.39, 0.29) is 5.91 Å². The molecule has 4 rings (SSSR count). The largest absolute Gasteiger partial charge is 0.383 e. The molecule has 1 saturated carbocycles. The molecule has 25 heavy (non-hydrogen) atoms. The molecule has 1 aromatic heterocycles. The molecule has 3 aliphatic rings. The highest BCUT2D eigenvalue weighted by Gasteiger charge is 2.47. The van der Waals surface area contributed by atoms with E-state index >= 15 is 0 Å². The van der Waals surface area contributed by atoms with Gasteiger partial charge in [-0.25, -0.2) is 4.98 Å². The number of aromatic nitrogens is 3. The number of aryl methyl sites for hydroxylation is 1. The number of carbonyl (C=O) groups excluding carboxylic acids is 1.